The Bertz CT molecular complexity index is 123. The van der Waals surface area contributed by atoms with Crippen molar-refractivity contribution >= 4 is 5.91 Å². The van der Waals surface area contributed by atoms with Crippen LogP contribution in [0, 0.1) is 0 Å². The number of carbonyl (C=O) groups excluding carboxylic acids is 1. The van der Waals surface area contributed by atoms with Crippen molar-refractivity contribution in [3.63, 3.8) is 0 Å². The van der Waals surface area contributed by atoms with Gasteiger partial charge < -0.3 is 10.1 Å². The number of nitrogens with one attached hydrogen (secondary N) is 1. The Labute approximate surface area is 61.1 Å². The van der Waals surface area contributed by atoms with Crippen molar-refractivity contribution < 1.29 is 9.53 Å². The number of hydrogen-bond acceptors (Lipinski definition) is 2. The highest BCUT2D eigenvalue weighted by molar-refractivity contribution is 5.77. The fourth-order valence-corrected chi connectivity index (χ4v) is 0.486. The molecule has 0 aromatic rings. The standard InChI is InChI=1S/C7H13NO2/c1-4-6(2)8-7(9)5-10-3/h4,6H,1,5H2,2-3H3,(H,8,9). The van der Waals surface area contributed by atoms with Gasteiger partial charge in [0, 0.05) is 13.2 Å². The van der Waals surface area contributed by atoms with Crippen molar-refractivity contribution in [3.05, 3.63) is 12.7 Å². The van der Waals surface area contributed by atoms with E-state index in [-0.39, 0.29) is 18.6 Å². The van der Waals surface area contributed by atoms with Gasteiger partial charge in [0.2, 0.25) is 5.91 Å². The molecule has 0 saturated heterocycles. The molecule has 1 N–H and O–H groups in total. The minimum absolute atomic E-state index is 0.0163. The maximum absolute atomic E-state index is 10.7. The quantitative estimate of drug-likeness (QED) is 0.576. The van der Waals surface area contributed by atoms with Gasteiger partial charge in [0.1, 0.15) is 6.61 Å². The van der Waals surface area contributed by atoms with Crippen LogP contribution in [-0.2, 0) is 9.53 Å². The van der Waals surface area contributed by atoms with Crippen LogP contribution in [0.1, 0.15) is 6.92 Å². The van der Waals surface area contributed by atoms with Crippen molar-refractivity contribution in [3.8, 4) is 0 Å². The Morgan fingerprint density at radius 3 is 2.90 bits per heavy atom. The normalized spacial score (nSPS) is 12.2. The molecule has 0 aliphatic heterocycles. The largest absolute Gasteiger partial charge is 0.375 e. The van der Waals surface area contributed by atoms with E-state index in [1.54, 1.807) is 6.08 Å². The second-order valence-electron chi connectivity index (χ2n) is 2.02. The van der Waals surface area contributed by atoms with Crippen LogP contribution >= 0.6 is 0 Å². The molecule has 10 heavy (non-hydrogen) atoms. The van der Waals surface area contributed by atoms with Gasteiger partial charge in [-0.3, -0.25) is 4.79 Å². The van der Waals surface area contributed by atoms with Crippen LogP contribution in [0.2, 0.25) is 0 Å². The predicted octanol–water partition coefficient (Wildman–Crippen LogP) is 0.323. The van der Waals surface area contributed by atoms with E-state index in [2.05, 4.69) is 16.6 Å². The number of carbonyl (C=O) groups is 1. The molecular formula is C7H13NO2. The van der Waals surface area contributed by atoms with Crippen LogP contribution in [-0.4, -0.2) is 25.7 Å². The first-order valence-corrected chi connectivity index (χ1v) is 3.11. The zero-order valence-corrected chi connectivity index (χ0v) is 6.39. The molecule has 1 amide bonds. The molecular weight excluding hydrogens is 130 g/mol. The van der Waals surface area contributed by atoms with Crippen molar-refractivity contribution in [1.82, 2.24) is 5.32 Å². The highest BCUT2D eigenvalue weighted by Gasteiger charge is 2.01. The molecule has 0 radical (unpaired) electrons. The van der Waals surface area contributed by atoms with E-state index in [1.807, 2.05) is 6.92 Å². The molecule has 0 spiro atoms. The molecule has 58 valence electrons. The van der Waals surface area contributed by atoms with Crippen LogP contribution in [0.4, 0.5) is 0 Å². The lowest BCUT2D eigenvalue weighted by Gasteiger charge is -2.07. The van der Waals surface area contributed by atoms with Gasteiger partial charge in [0.25, 0.3) is 0 Å². The Morgan fingerprint density at radius 1 is 1.90 bits per heavy atom. The van der Waals surface area contributed by atoms with Gasteiger partial charge in [-0.1, -0.05) is 6.08 Å². The highest BCUT2D eigenvalue weighted by atomic mass is 16.5. The first kappa shape index (κ1) is 9.17. The zero-order valence-electron chi connectivity index (χ0n) is 6.39. The summed E-state index contributed by atoms with van der Waals surface area (Å²) < 4.78 is 4.60. The molecule has 3 nitrogen and oxygen atoms in total. The number of methoxy groups -OCH3 is 1. The number of amides is 1. The van der Waals surface area contributed by atoms with Gasteiger partial charge >= 0.3 is 0 Å². The van der Waals surface area contributed by atoms with E-state index < -0.39 is 0 Å². The second kappa shape index (κ2) is 4.99. The predicted molar refractivity (Wildman–Crippen MR) is 39.7 cm³/mol. The Balaban J connectivity index is 3.46. The minimum Gasteiger partial charge on any atom is -0.375 e. The SMILES string of the molecule is C=CC(C)NC(=O)COC. The third-order valence-corrected chi connectivity index (χ3v) is 1.02. The zero-order chi connectivity index (χ0) is 7.98. The van der Waals surface area contributed by atoms with E-state index >= 15 is 0 Å². The summed E-state index contributed by atoms with van der Waals surface area (Å²) in [5.41, 5.74) is 0. The van der Waals surface area contributed by atoms with Crippen LogP contribution in [0.25, 0.3) is 0 Å². The summed E-state index contributed by atoms with van der Waals surface area (Å²) in [5, 5.41) is 2.65. The second-order valence-corrected chi connectivity index (χ2v) is 2.02. The van der Waals surface area contributed by atoms with Gasteiger partial charge in [-0.25, -0.2) is 0 Å². The van der Waals surface area contributed by atoms with Crippen LogP contribution in [0.5, 0.6) is 0 Å². The van der Waals surface area contributed by atoms with Crippen LogP contribution in [0.3, 0.4) is 0 Å². The fraction of sp³-hybridized carbons (Fsp3) is 0.571. The summed E-state index contributed by atoms with van der Waals surface area (Å²) in [6, 6.07) is 0.0163. The maximum Gasteiger partial charge on any atom is 0.246 e. The van der Waals surface area contributed by atoms with E-state index in [4.69, 9.17) is 0 Å². The molecule has 1 unspecified atom stereocenters. The summed E-state index contributed by atoms with van der Waals surface area (Å²) in [6.07, 6.45) is 1.66. The lowest BCUT2D eigenvalue weighted by atomic mass is 10.3. The van der Waals surface area contributed by atoms with Crippen LogP contribution in [0.15, 0.2) is 12.7 Å². The molecule has 3 heteroatoms. The number of rotatable bonds is 4. The first-order valence-electron chi connectivity index (χ1n) is 3.11. The summed E-state index contributed by atoms with van der Waals surface area (Å²) in [6.45, 7) is 5.48. The maximum atomic E-state index is 10.7. The Kier molecular flexibility index (Phi) is 4.58. The topological polar surface area (TPSA) is 38.3 Å². The Morgan fingerprint density at radius 2 is 2.50 bits per heavy atom. The number of hydrogen-bond donors (Lipinski definition) is 1. The van der Waals surface area contributed by atoms with Gasteiger partial charge in [-0.05, 0) is 6.92 Å². The highest BCUT2D eigenvalue weighted by Crippen LogP contribution is 1.80. The molecule has 0 bridgehead atoms. The molecule has 0 fully saturated rings. The molecule has 1 atom stereocenters. The van der Waals surface area contributed by atoms with Crippen molar-refractivity contribution in [2.24, 2.45) is 0 Å². The van der Waals surface area contributed by atoms with Gasteiger partial charge in [0.15, 0.2) is 0 Å². The third kappa shape index (κ3) is 4.09. The molecule has 0 aromatic heterocycles. The van der Waals surface area contributed by atoms with E-state index in [9.17, 15) is 4.79 Å². The molecule has 0 aliphatic carbocycles. The molecule has 0 heterocycles. The van der Waals surface area contributed by atoms with Crippen molar-refractivity contribution in [1.29, 1.82) is 0 Å². The molecule has 0 saturated carbocycles. The van der Waals surface area contributed by atoms with Gasteiger partial charge in [0.05, 0.1) is 0 Å². The molecule has 0 aliphatic rings. The summed E-state index contributed by atoms with van der Waals surface area (Å²) in [7, 11) is 1.48. The Hall–Kier alpha value is -0.830. The van der Waals surface area contributed by atoms with Crippen molar-refractivity contribution in [2.75, 3.05) is 13.7 Å². The van der Waals surface area contributed by atoms with E-state index in [0.717, 1.165) is 0 Å². The fourth-order valence-electron chi connectivity index (χ4n) is 0.486. The average molecular weight is 143 g/mol. The van der Waals surface area contributed by atoms with E-state index in [0.29, 0.717) is 0 Å². The third-order valence-electron chi connectivity index (χ3n) is 1.02. The minimum atomic E-state index is -0.116. The lowest BCUT2D eigenvalue weighted by molar-refractivity contribution is -0.125. The monoisotopic (exact) mass is 143 g/mol. The lowest BCUT2D eigenvalue weighted by Crippen LogP contribution is -2.33. The summed E-state index contributed by atoms with van der Waals surface area (Å²) >= 11 is 0. The van der Waals surface area contributed by atoms with Crippen LogP contribution < -0.4 is 5.32 Å². The molecule has 0 aromatic carbocycles. The smallest absolute Gasteiger partial charge is 0.246 e. The van der Waals surface area contributed by atoms with Crippen molar-refractivity contribution in [2.45, 2.75) is 13.0 Å². The van der Waals surface area contributed by atoms with E-state index in [1.165, 1.54) is 7.11 Å². The average Bonchev–Trinajstić information content (AvgIpc) is 1.88. The first-order chi connectivity index (χ1) is 4.70. The molecule has 0 rings (SSSR count). The van der Waals surface area contributed by atoms with Gasteiger partial charge in [-0.2, -0.15) is 0 Å². The van der Waals surface area contributed by atoms with Gasteiger partial charge in [-0.15, -0.1) is 6.58 Å². The summed E-state index contributed by atoms with van der Waals surface area (Å²) in [5.74, 6) is -0.116. The number of ether oxygens (including phenoxy) is 1. The summed E-state index contributed by atoms with van der Waals surface area (Å²) in [4.78, 5) is 10.7.